The Hall–Kier alpha value is -0.780. The highest BCUT2D eigenvalue weighted by Gasteiger charge is 2.35. The predicted octanol–water partition coefficient (Wildman–Crippen LogP) is 3.87. The number of aromatic nitrogens is 1. The van der Waals surface area contributed by atoms with E-state index in [0.717, 1.165) is 35.9 Å². The van der Waals surface area contributed by atoms with Gasteiger partial charge in [0.05, 0.1) is 18.8 Å². The minimum atomic E-state index is 0.0970. The summed E-state index contributed by atoms with van der Waals surface area (Å²) in [7, 11) is 0. The predicted molar refractivity (Wildman–Crippen MR) is 108 cm³/mol. The second-order valence-corrected chi connectivity index (χ2v) is 9.07. The van der Waals surface area contributed by atoms with E-state index in [9.17, 15) is 4.79 Å². The van der Waals surface area contributed by atoms with Crippen molar-refractivity contribution in [2.75, 3.05) is 12.9 Å². The van der Waals surface area contributed by atoms with Gasteiger partial charge in [0.25, 0.3) is 5.56 Å². The summed E-state index contributed by atoms with van der Waals surface area (Å²) in [5.74, 6) is 1.99. The van der Waals surface area contributed by atoms with Crippen LogP contribution in [0.3, 0.4) is 0 Å². The molecular weight excluding hydrogens is 344 g/mol. The van der Waals surface area contributed by atoms with Gasteiger partial charge in [-0.1, -0.05) is 18.0 Å². The quantitative estimate of drug-likeness (QED) is 0.766. The van der Waals surface area contributed by atoms with Crippen LogP contribution in [-0.2, 0) is 11.2 Å². The molecule has 0 aromatic carbocycles. The first kappa shape index (κ1) is 18.6. The van der Waals surface area contributed by atoms with E-state index in [-0.39, 0.29) is 11.6 Å². The first-order valence-corrected chi connectivity index (χ1v) is 11.5. The van der Waals surface area contributed by atoms with Crippen LogP contribution in [0.25, 0.3) is 0 Å². The van der Waals surface area contributed by atoms with Crippen molar-refractivity contribution in [3.8, 4) is 0 Å². The third-order valence-corrected chi connectivity index (χ3v) is 7.22. The van der Waals surface area contributed by atoms with Gasteiger partial charge in [0.15, 0.2) is 0 Å². The molecule has 2 fully saturated rings. The van der Waals surface area contributed by atoms with E-state index in [4.69, 9.17) is 4.74 Å². The van der Waals surface area contributed by atoms with Crippen molar-refractivity contribution in [2.24, 2.45) is 11.8 Å². The van der Waals surface area contributed by atoms with Crippen LogP contribution < -0.4 is 10.3 Å². The minimum Gasteiger partial charge on any atom is -0.376 e. The van der Waals surface area contributed by atoms with E-state index in [1.54, 1.807) is 11.9 Å². The molecule has 2 heterocycles. The Morgan fingerprint density at radius 2 is 1.81 bits per heavy atom. The lowest BCUT2D eigenvalue weighted by Crippen LogP contribution is -2.46. The average Bonchev–Trinajstić information content (AvgIpc) is 3.50. The molecule has 4 nitrogen and oxygen atoms in total. The summed E-state index contributed by atoms with van der Waals surface area (Å²) in [5, 5.41) is 0. The molecule has 2 saturated carbocycles. The summed E-state index contributed by atoms with van der Waals surface area (Å²) < 4.78 is 11.9. The highest BCUT2D eigenvalue weighted by Crippen LogP contribution is 2.44. The molecule has 0 bridgehead atoms. The van der Waals surface area contributed by atoms with E-state index in [2.05, 4.69) is 17.0 Å². The summed E-state index contributed by atoms with van der Waals surface area (Å²) in [6.45, 7) is 2.56. The van der Waals surface area contributed by atoms with Crippen LogP contribution >= 0.6 is 11.9 Å². The Morgan fingerprint density at radius 1 is 1.12 bits per heavy atom. The Bertz CT molecular complexity index is 677. The number of pyridine rings is 1. The van der Waals surface area contributed by atoms with Gasteiger partial charge in [-0.25, -0.2) is 0 Å². The van der Waals surface area contributed by atoms with Gasteiger partial charge in [0.1, 0.15) is 0 Å². The van der Waals surface area contributed by atoms with Crippen LogP contribution in [-0.4, -0.2) is 29.6 Å². The van der Waals surface area contributed by atoms with Gasteiger partial charge in [-0.15, -0.1) is 0 Å². The largest absolute Gasteiger partial charge is 0.376 e. The smallest absolute Gasteiger partial charge is 0.254 e. The molecule has 0 saturated heterocycles. The topological polar surface area (TPSA) is 43.3 Å². The minimum absolute atomic E-state index is 0.0970. The van der Waals surface area contributed by atoms with Gasteiger partial charge in [-0.3, -0.25) is 9.52 Å². The van der Waals surface area contributed by atoms with Crippen LogP contribution in [0.4, 0.5) is 0 Å². The summed E-state index contributed by atoms with van der Waals surface area (Å²) in [5.41, 5.74) is 2.14. The Kier molecular flexibility index (Phi) is 5.77. The number of nitrogens with one attached hydrogen (secondary N) is 1. The van der Waals surface area contributed by atoms with E-state index in [1.165, 1.54) is 38.5 Å². The van der Waals surface area contributed by atoms with E-state index < -0.39 is 0 Å². The second kappa shape index (κ2) is 8.07. The number of nitrogens with zero attached hydrogens (tertiary/aromatic N) is 1. The fourth-order valence-electron chi connectivity index (χ4n) is 4.94. The zero-order chi connectivity index (χ0) is 18.1. The zero-order valence-corrected chi connectivity index (χ0v) is 16.9. The summed E-state index contributed by atoms with van der Waals surface area (Å²) >= 11 is 1.65. The van der Waals surface area contributed by atoms with E-state index in [1.807, 2.05) is 17.6 Å². The maximum absolute atomic E-state index is 12.8. The number of fused-ring (bicyclic) bond motifs is 1. The molecule has 0 amide bonds. The maximum Gasteiger partial charge on any atom is 0.254 e. The molecule has 1 aromatic rings. The van der Waals surface area contributed by atoms with Crippen molar-refractivity contribution in [1.82, 2.24) is 9.29 Å². The number of hydrogen-bond acceptors (Lipinski definition) is 4. The molecule has 26 heavy (non-hydrogen) atoms. The fourth-order valence-corrected chi connectivity index (χ4v) is 5.52. The van der Waals surface area contributed by atoms with Crippen molar-refractivity contribution in [3.05, 3.63) is 33.7 Å². The molecule has 2 atom stereocenters. The molecule has 2 aliphatic carbocycles. The van der Waals surface area contributed by atoms with Gasteiger partial charge in [-0.05, 0) is 82.4 Å². The van der Waals surface area contributed by atoms with Crippen LogP contribution in [0.15, 0.2) is 16.9 Å². The standard InChI is InChI=1S/C21H32N2O2S/c1-14-3-8-17-9-12-19(22-26-2)20(23(17)21(14)24)13-25-18-10-6-16(7-11-18)15-4-5-15/h3,8,15-16,18-20,22H,4-7,9-13H2,1-2H3. The summed E-state index contributed by atoms with van der Waals surface area (Å²) in [6.07, 6.45) is 12.4. The van der Waals surface area contributed by atoms with Gasteiger partial charge in [0, 0.05) is 17.3 Å². The van der Waals surface area contributed by atoms with Gasteiger partial charge in [0.2, 0.25) is 0 Å². The molecule has 0 spiro atoms. The maximum atomic E-state index is 12.8. The fraction of sp³-hybridized carbons (Fsp3) is 0.762. The zero-order valence-electron chi connectivity index (χ0n) is 16.1. The van der Waals surface area contributed by atoms with Crippen molar-refractivity contribution in [1.29, 1.82) is 0 Å². The molecule has 1 aromatic heterocycles. The third-order valence-electron chi connectivity index (χ3n) is 6.68. The number of hydrogen-bond donors (Lipinski definition) is 1. The molecule has 144 valence electrons. The van der Waals surface area contributed by atoms with E-state index in [0.29, 0.717) is 18.8 Å². The SMILES string of the molecule is CSNC1CCc2ccc(C)c(=O)n2C1COC1CCC(C2CC2)CC1. The molecule has 2 unspecified atom stereocenters. The highest BCUT2D eigenvalue weighted by molar-refractivity contribution is 7.96. The molecule has 5 heteroatoms. The molecule has 1 N–H and O–H groups in total. The van der Waals surface area contributed by atoms with Gasteiger partial charge >= 0.3 is 0 Å². The Balaban J connectivity index is 1.44. The summed E-state index contributed by atoms with van der Waals surface area (Å²) in [4.78, 5) is 12.8. The Morgan fingerprint density at radius 3 is 2.46 bits per heavy atom. The number of rotatable bonds is 6. The van der Waals surface area contributed by atoms with Crippen molar-refractivity contribution >= 4 is 11.9 Å². The monoisotopic (exact) mass is 376 g/mol. The normalized spacial score (nSPS) is 31.6. The van der Waals surface area contributed by atoms with Crippen molar-refractivity contribution in [2.45, 2.75) is 76.5 Å². The molecular formula is C21H32N2O2S. The van der Waals surface area contributed by atoms with E-state index >= 15 is 0 Å². The molecule has 3 aliphatic rings. The highest BCUT2D eigenvalue weighted by atomic mass is 32.2. The molecule has 0 radical (unpaired) electrons. The second-order valence-electron chi connectivity index (χ2n) is 8.42. The van der Waals surface area contributed by atoms with Gasteiger partial charge < -0.3 is 9.30 Å². The lowest BCUT2D eigenvalue weighted by molar-refractivity contribution is -0.00822. The van der Waals surface area contributed by atoms with Crippen molar-refractivity contribution < 1.29 is 4.74 Å². The Labute approximate surface area is 161 Å². The van der Waals surface area contributed by atoms with Crippen LogP contribution in [0.2, 0.25) is 0 Å². The van der Waals surface area contributed by atoms with Crippen LogP contribution in [0, 0.1) is 18.8 Å². The number of aryl methyl sites for hydroxylation is 2. The van der Waals surface area contributed by atoms with Crippen LogP contribution in [0.5, 0.6) is 0 Å². The average molecular weight is 377 g/mol. The first-order chi connectivity index (χ1) is 12.7. The third kappa shape index (κ3) is 3.90. The summed E-state index contributed by atoms with van der Waals surface area (Å²) in [6, 6.07) is 4.48. The molecule has 4 rings (SSSR count). The molecule has 1 aliphatic heterocycles. The lowest BCUT2D eigenvalue weighted by Gasteiger charge is -2.37. The lowest BCUT2D eigenvalue weighted by atomic mass is 9.84. The first-order valence-electron chi connectivity index (χ1n) is 10.3. The van der Waals surface area contributed by atoms with Gasteiger partial charge in [-0.2, -0.15) is 0 Å². The van der Waals surface area contributed by atoms with Crippen LogP contribution in [0.1, 0.15) is 62.2 Å². The number of ether oxygens (including phenoxy) is 1. The van der Waals surface area contributed by atoms with Crippen molar-refractivity contribution in [3.63, 3.8) is 0 Å².